The molecule has 0 rings (SSSR count). The first kappa shape index (κ1) is 9.94. The van der Waals surface area contributed by atoms with Crippen LogP contribution in [0.1, 0.15) is 20.8 Å². The van der Waals surface area contributed by atoms with Crippen LogP contribution in [0.4, 0.5) is 0 Å². The molecule has 1 atom stereocenters. The molecule has 0 aromatic heterocycles. The number of nitrogens with one attached hydrogen (secondary N) is 1. The minimum Gasteiger partial charge on any atom is -0.461 e. The van der Waals surface area contributed by atoms with Crippen LogP contribution in [-0.4, -0.2) is 24.5 Å². The minimum atomic E-state index is -0.560. The summed E-state index contributed by atoms with van der Waals surface area (Å²) in [7, 11) is 0. The minimum absolute atomic E-state index is 0.140. The SMILES string of the molecule is CC(C)OC(=O)[C@H](C)NC=O. The van der Waals surface area contributed by atoms with Gasteiger partial charge in [-0.2, -0.15) is 0 Å². The summed E-state index contributed by atoms with van der Waals surface area (Å²) >= 11 is 0. The third-order valence-electron chi connectivity index (χ3n) is 1.02. The van der Waals surface area contributed by atoms with Crippen molar-refractivity contribution in [2.24, 2.45) is 0 Å². The van der Waals surface area contributed by atoms with E-state index in [4.69, 9.17) is 4.74 Å². The van der Waals surface area contributed by atoms with Gasteiger partial charge in [-0.3, -0.25) is 4.79 Å². The normalized spacial score (nSPS) is 12.4. The number of hydrogen-bond acceptors (Lipinski definition) is 3. The number of carbonyl (C=O) groups is 2. The van der Waals surface area contributed by atoms with Crippen molar-refractivity contribution in [1.29, 1.82) is 0 Å². The van der Waals surface area contributed by atoms with Gasteiger partial charge in [0, 0.05) is 0 Å². The van der Waals surface area contributed by atoms with Crippen molar-refractivity contribution in [3.63, 3.8) is 0 Å². The highest BCUT2D eigenvalue weighted by molar-refractivity contribution is 5.77. The highest BCUT2D eigenvalue weighted by Gasteiger charge is 2.13. The largest absolute Gasteiger partial charge is 0.461 e. The Hall–Kier alpha value is -1.06. The number of carbonyl (C=O) groups excluding carboxylic acids is 2. The highest BCUT2D eigenvalue weighted by Crippen LogP contribution is 1.92. The van der Waals surface area contributed by atoms with Crippen molar-refractivity contribution < 1.29 is 14.3 Å². The van der Waals surface area contributed by atoms with Gasteiger partial charge in [0.15, 0.2) is 0 Å². The summed E-state index contributed by atoms with van der Waals surface area (Å²) in [5.74, 6) is -0.410. The van der Waals surface area contributed by atoms with Gasteiger partial charge in [0.25, 0.3) is 0 Å². The van der Waals surface area contributed by atoms with Crippen LogP contribution in [-0.2, 0) is 14.3 Å². The molecule has 4 nitrogen and oxygen atoms in total. The quantitative estimate of drug-likeness (QED) is 0.466. The van der Waals surface area contributed by atoms with Crippen LogP contribution >= 0.6 is 0 Å². The predicted molar refractivity (Wildman–Crippen MR) is 39.9 cm³/mol. The summed E-state index contributed by atoms with van der Waals surface area (Å²) in [6, 6.07) is -0.560. The maximum Gasteiger partial charge on any atom is 0.328 e. The van der Waals surface area contributed by atoms with Crippen molar-refractivity contribution in [1.82, 2.24) is 5.32 Å². The lowest BCUT2D eigenvalue weighted by Crippen LogP contribution is -2.35. The molecule has 0 saturated heterocycles. The second-order valence-corrected chi connectivity index (χ2v) is 2.49. The average molecular weight is 159 g/mol. The van der Waals surface area contributed by atoms with Crippen LogP contribution < -0.4 is 5.32 Å². The first-order valence-corrected chi connectivity index (χ1v) is 3.48. The van der Waals surface area contributed by atoms with Gasteiger partial charge in [0.1, 0.15) is 6.04 Å². The molecule has 0 saturated carbocycles. The lowest BCUT2D eigenvalue weighted by atomic mass is 10.3. The van der Waals surface area contributed by atoms with Gasteiger partial charge in [-0.1, -0.05) is 0 Å². The predicted octanol–water partition coefficient (Wildman–Crippen LogP) is 0.0725. The number of amides is 1. The van der Waals surface area contributed by atoms with E-state index in [0.29, 0.717) is 6.41 Å². The van der Waals surface area contributed by atoms with Crippen LogP contribution in [0.2, 0.25) is 0 Å². The van der Waals surface area contributed by atoms with E-state index in [1.807, 2.05) is 0 Å². The summed E-state index contributed by atoms with van der Waals surface area (Å²) in [6.07, 6.45) is 0.338. The van der Waals surface area contributed by atoms with E-state index in [0.717, 1.165) is 0 Å². The molecule has 0 aromatic carbocycles. The maximum atomic E-state index is 10.9. The van der Waals surface area contributed by atoms with E-state index in [-0.39, 0.29) is 6.10 Å². The van der Waals surface area contributed by atoms with Gasteiger partial charge in [-0.15, -0.1) is 0 Å². The topological polar surface area (TPSA) is 55.4 Å². The summed E-state index contributed by atoms with van der Waals surface area (Å²) in [6.45, 7) is 5.08. The Morgan fingerprint density at radius 1 is 1.45 bits per heavy atom. The molecular formula is C7H13NO3. The van der Waals surface area contributed by atoms with Gasteiger partial charge in [0.2, 0.25) is 6.41 Å². The van der Waals surface area contributed by atoms with Crippen LogP contribution in [0.25, 0.3) is 0 Å². The maximum absolute atomic E-state index is 10.9. The van der Waals surface area contributed by atoms with Crippen molar-refractivity contribution >= 4 is 12.4 Å². The Morgan fingerprint density at radius 3 is 2.36 bits per heavy atom. The van der Waals surface area contributed by atoms with E-state index < -0.39 is 12.0 Å². The molecule has 0 aromatic rings. The van der Waals surface area contributed by atoms with Crippen molar-refractivity contribution in [2.45, 2.75) is 32.9 Å². The smallest absolute Gasteiger partial charge is 0.328 e. The van der Waals surface area contributed by atoms with Gasteiger partial charge in [-0.05, 0) is 20.8 Å². The molecule has 1 amide bonds. The lowest BCUT2D eigenvalue weighted by Gasteiger charge is -2.12. The second-order valence-electron chi connectivity index (χ2n) is 2.49. The number of hydrogen-bond donors (Lipinski definition) is 1. The van der Waals surface area contributed by atoms with E-state index in [2.05, 4.69) is 5.32 Å². The lowest BCUT2D eigenvalue weighted by molar-refractivity contribution is -0.150. The zero-order valence-corrected chi connectivity index (χ0v) is 6.96. The Morgan fingerprint density at radius 2 is 2.00 bits per heavy atom. The standard InChI is InChI=1S/C7H13NO3/c1-5(2)11-7(10)6(3)8-4-9/h4-6H,1-3H3,(H,8,9)/t6-/m0/s1. The summed E-state index contributed by atoms with van der Waals surface area (Å²) in [4.78, 5) is 20.8. The van der Waals surface area contributed by atoms with E-state index >= 15 is 0 Å². The molecule has 11 heavy (non-hydrogen) atoms. The number of ether oxygens (including phenoxy) is 1. The summed E-state index contributed by atoms with van der Waals surface area (Å²) in [5, 5.41) is 2.30. The molecule has 1 N–H and O–H groups in total. The van der Waals surface area contributed by atoms with Crippen molar-refractivity contribution in [2.75, 3.05) is 0 Å². The number of rotatable bonds is 4. The third kappa shape index (κ3) is 4.36. The van der Waals surface area contributed by atoms with E-state index in [1.54, 1.807) is 20.8 Å². The van der Waals surface area contributed by atoms with Gasteiger partial charge in [-0.25, -0.2) is 4.79 Å². The molecule has 64 valence electrons. The number of esters is 1. The fourth-order valence-electron chi connectivity index (χ4n) is 0.504. The Kier molecular flexibility index (Phi) is 4.26. The first-order chi connectivity index (χ1) is 5.07. The highest BCUT2D eigenvalue weighted by atomic mass is 16.5. The molecule has 0 unspecified atom stereocenters. The van der Waals surface area contributed by atoms with Gasteiger partial charge in [0.05, 0.1) is 6.10 Å². The summed E-state index contributed by atoms with van der Waals surface area (Å²) < 4.78 is 4.80. The Labute approximate surface area is 65.9 Å². The monoisotopic (exact) mass is 159 g/mol. The van der Waals surface area contributed by atoms with Crippen molar-refractivity contribution in [3.05, 3.63) is 0 Å². The average Bonchev–Trinajstić information content (AvgIpc) is 1.86. The molecule has 0 fully saturated rings. The van der Waals surface area contributed by atoms with Crippen molar-refractivity contribution in [3.8, 4) is 0 Å². The molecule has 0 spiro atoms. The summed E-state index contributed by atoms with van der Waals surface area (Å²) in [5.41, 5.74) is 0. The Bertz CT molecular complexity index is 145. The van der Waals surface area contributed by atoms with Gasteiger partial charge < -0.3 is 10.1 Å². The molecule has 0 aliphatic heterocycles. The fourth-order valence-corrected chi connectivity index (χ4v) is 0.504. The molecule has 0 aliphatic rings. The molecule has 4 heteroatoms. The molecular weight excluding hydrogens is 146 g/mol. The van der Waals surface area contributed by atoms with Crippen LogP contribution in [0, 0.1) is 0 Å². The zero-order chi connectivity index (χ0) is 8.85. The van der Waals surface area contributed by atoms with Gasteiger partial charge >= 0.3 is 5.97 Å². The fraction of sp³-hybridized carbons (Fsp3) is 0.714. The second kappa shape index (κ2) is 4.71. The van der Waals surface area contributed by atoms with Crippen LogP contribution in [0.5, 0.6) is 0 Å². The Balaban J connectivity index is 3.72. The van der Waals surface area contributed by atoms with Crippen LogP contribution in [0.3, 0.4) is 0 Å². The van der Waals surface area contributed by atoms with E-state index in [9.17, 15) is 9.59 Å². The van der Waals surface area contributed by atoms with Crippen LogP contribution in [0.15, 0.2) is 0 Å². The molecule has 0 aliphatic carbocycles. The van der Waals surface area contributed by atoms with E-state index in [1.165, 1.54) is 0 Å². The third-order valence-corrected chi connectivity index (χ3v) is 1.02. The first-order valence-electron chi connectivity index (χ1n) is 3.48. The zero-order valence-electron chi connectivity index (χ0n) is 6.96. The molecule has 0 radical (unpaired) electrons. The molecule has 0 heterocycles. The molecule has 0 bridgehead atoms.